The van der Waals surface area contributed by atoms with Crippen LogP contribution in [-0.4, -0.2) is 22.4 Å². The van der Waals surface area contributed by atoms with E-state index in [9.17, 15) is 23.1 Å². The highest BCUT2D eigenvalue weighted by Gasteiger charge is 2.30. The molecule has 0 bridgehead atoms. The molecule has 37 heavy (non-hydrogen) atoms. The smallest absolute Gasteiger partial charge is 0.416 e. The lowest BCUT2D eigenvalue weighted by molar-refractivity contribution is -0.138. The van der Waals surface area contributed by atoms with Crippen molar-refractivity contribution in [1.82, 2.24) is 9.88 Å². The van der Waals surface area contributed by atoms with Crippen LogP contribution in [0.2, 0.25) is 0 Å². The maximum absolute atomic E-state index is 13.0. The van der Waals surface area contributed by atoms with Crippen LogP contribution in [0.3, 0.4) is 0 Å². The van der Waals surface area contributed by atoms with E-state index in [0.717, 1.165) is 34.2 Å². The van der Waals surface area contributed by atoms with Gasteiger partial charge in [-0.15, -0.1) is 0 Å². The van der Waals surface area contributed by atoms with Crippen LogP contribution in [0.1, 0.15) is 47.6 Å². The number of nitrogens with zero attached hydrogens (tertiary/aromatic N) is 1. The highest BCUT2D eigenvalue weighted by molar-refractivity contribution is 5.89. The summed E-state index contributed by atoms with van der Waals surface area (Å²) in [6, 6.07) is 19.0. The fraction of sp³-hybridized carbons (Fsp3) is 0.276. The lowest BCUT2D eigenvalue weighted by Gasteiger charge is -2.16. The standard InChI is InChI=1S/C29H29F3N2O3/c1-19(2)24-13-26-25(22(12-28(35)36)17-34(26)16-20-7-4-3-5-8-20)14-27(24)37-18-33-15-21-9-6-10-23(11-21)29(30,31)32/h3-11,13-14,17,19,33H,12,15-16,18H2,1-2H3,(H,35,36). The molecule has 0 fully saturated rings. The molecule has 0 radical (unpaired) electrons. The third-order valence-corrected chi connectivity index (χ3v) is 6.17. The SMILES string of the molecule is CC(C)c1cc2c(cc1OCNCc1cccc(C(F)(F)F)c1)c(CC(=O)O)cn2Cc1ccccc1. The number of fused-ring (bicyclic) bond motifs is 1. The quantitative estimate of drug-likeness (QED) is 0.187. The molecule has 0 saturated heterocycles. The Kier molecular flexibility index (Phi) is 7.88. The van der Waals surface area contributed by atoms with Gasteiger partial charge in [0.1, 0.15) is 12.5 Å². The van der Waals surface area contributed by atoms with Gasteiger partial charge in [-0.2, -0.15) is 13.2 Å². The van der Waals surface area contributed by atoms with Crippen LogP contribution < -0.4 is 10.1 Å². The number of carboxylic acid groups (broad SMARTS) is 1. The molecule has 1 heterocycles. The predicted molar refractivity (Wildman–Crippen MR) is 137 cm³/mol. The Morgan fingerprint density at radius 2 is 1.76 bits per heavy atom. The van der Waals surface area contributed by atoms with Crippen molar-refractivity contribution in [3.8, 4) is 5.75 Å². The number of carboxylic acids is 1. The molecular weight excluding hydrogens is 481 g/mol. The number of halogens is 3. The van der Waals surface area contributed by atoms with Gasteiger partial charge in [0.05, 0.1) is 12.0 Å². The van der Waals surface area contributed by atoms with Crippen molar-refractivity contribution < 1.29 is 27.8 Å². The monoisotopic (exact) mass is 510 g/mol. The van der Waals surface area contributed by atoms with Crippen LogP contribution in [0.25, 0.3) is 10.9 Å². The number of nitrogens with one attached hydrogen (secondary N) is 1. The van der Waals surface area contributed by atoms with Gasteiger partial charge in [0.15, 0.2) is 0 Å². The first kappa shape index (κ1) is 26.3. The predicted octanol–water partition coefficient (Wildman–Crippen LogP) is 6.59. The summed E-state index contributed by atoms with van der Waals surface area (Å²) in [6.07, 6.45) is -2.63. The van der Waals surface area contributed by atoms with Gasteiger partial charge in [-0.3, -0.25) is 10.1 Å². The zero-order valence-electron chi connectivity index (χ0n) is 20.7. The highest BCUT2D eigenvalue weighted by atomic mass is 19.4. The van der Waals surface area contributed by atoms with E-state index in [4.69, 9.17) is 4.74 Å². The number of alkyl halides is 3. The second kappa shape index (κ2) is 11.1. The van der Waals surface area contributed by atoms with Gasteiger partial charge in [-0.1, -0.05) is 62.4 Å². The second-order valence-corrected chi connectivity index (χ2v) is 9.31. The number of ether oxygens (including phenoxy) is 1. The molecule has 2 N–H and O–H groups in total. The Balaban J connectivity index is 1.57. The largest absolute Gasteiger partial charge is 0.481 e. The maximum Gasteiger partial charge on any atom is 0.416 e. The second-order valence-electron chi connectivity index (χ2n) is 9.31. The Morgan fingerprint density at radius 1 is 1.03 bits per heavy atom. The minimum atomic E-state index is -4.39. The molecule has 1 aromatic heterocycles. The van der Waals surface area contributed by atoms with Gasteiger partial charge >= 0.3 is 12.1 Å². The molecule has 3 aromatic carbocycles. The fourth-order valence-corrected chi connectivity index (χ4v) is 4.38. The fourth-order valence-electron chi connectivity index (χ4n) is 4.38. The molecule has 0 atom stereocenters. The van der Waals surface area contributed by atoms with Gasteiger partial charge in [0, 0.05) is 30.2 Å². The van der Waals surface area contributed by atoms with E-state index >= 15 is 0 Å². The van der Waals surface area contributed by atoms with Crippen molar-refractivity contribution >= 4 is 16.9 Å². The number of hydrogen-bond acceptors (Lipinski definition) is 3. The summed E-state index contributed by atoms with van der Waals surface area (Å²) in [6.45, 7) is 4.99. The first-order valence-electron chi connectivity index (χ1n) is 12.0. The summed E-state index contributed by atoms with van der Waals surface area (Å²) < 4.78 is 47.0. The van der Waals surface area contributed by atoms with Gasteiger partial charge < -0.3 is 14.4 Å². The van der Waals surface area contributed by atoms with Crippen molar-refractivity contribution in [1.29, 1.82) is 0 Å². The number of rotatable bonds is 10. The molecule has 0 aliphatic carbocycles. The summed E-state index contributed by atoms with van der Waals surface area (Å²) in [7, 11) is 0. The topological polar surface area (TPSA) is 63.5 Å². The maximum atomic E-state index is 13.0. The summed E-state index contributed by atoms with van der Waals surface area (Å²) in [5.41, 5.74) is 3.49. The summed E-state index contributed by atoms with van der Waals surface area (Å²) in [5.74, 6) is -0.175. The number of aliphatic carboxylic acids is 1. The first-order valence-corrected chi connectivity index (χ1v) is 12.0. The average molecular weight is 511 g/mol. The molecular formula is C29H29F3N2O3. The zero-order chi connectivity index (χ0) is 26.6. The Labute approximate surface area is 213 Å². The van der Waals surface area contributed by atoms with E-state index < -0.39 is 17.7 Å². The van der Waals surface area contributed by atoms with E-state index in [1.807, 2.05) is 62.5 Å². The summed E-state index contributed by atoms with van der Waals surface area (Å²) in [4.78, 5) is 11.6. The molecule has 4 rings (SSSR count). The number of carbonyl (C=O) groups is 1. The highest BCUT2D eigenvalue weighted by Crippen LogP contribution is 2.35. The Bertz CT molecular complexity index is 1380. The van der Waals surface area contributed by atoms with Crippen LogP contribution in [-0.2, 0) is 30.5 Å². The lowest BCUT2D eigenvalue weighted by Crippen LogP contribution is -2.20. The molecule has 0 spiro atoms. The van der Waals surface area contributed by atoms with Gasteiger partial charge in [0.25, 0.3) is 0 Å². The van der Waals surface area contributed by atoms with Crippen molar-refractivity contribution in [3.05, 3.63) is 101 Å². The Hall–Kier alpha value is -3.78. The van der Waals surface area contributed by atoms with E-state index in [-0.39, 0.29) is 25.6 Å². The molecule has 4 aromatic rings. The van der Waals surface area contributed by atoms with Crippen molar-refractivity contribution in [2.24, 2.45) is 0 Å². The van der Waals surface area contributed by atoms with E-state index in [2.05, 4.69) is 9.88 Å². The van der Waals surface area contributed by atoms with Crippen LogP contribution >= 0.6 is 0 Å². The Morgan fingerprint density at radius 3 is 2.43 bits per heavy atom. The minimum absolute atomic E-state index is 0.0838. The van der Waals surface area contributed by atoms with Crippen molar-refractivity contribution in [3.63, 3.8) is 0 Å². The molecule has 8 heteroatoms. The van der Waals surface area contributed by atoms with Gasteiger partial charge in [0.2, 0.25) is 0 Å². The third-order valence-electron chi connectivity index (χ3n) is 6.17. The summed E-state index contributed by atoms with van der Waals surface area (Å²) >= 11 is 0. The molecule has 0 unspecified atom stereocenters. The summed E-state index contributed by atoms with van der Waals surface area (Å²) in [5, 5.41) is 13.3. The van der Waals surface area contributed by atoms with Crippen LogP contribution in [0.4, 0.5) is 13.2 Å². The molecule has 0 aliphatic rings. The molecule has 0 aliphatic heterocycles. The van der Waals surface area contributed by atoms with E-state index in [1.54, 1.807) is 6.07 Å². The van der Waals surface area contributed by atoms with Crippen LogP contribution in [0.5, 0.6) is 5.75 Å². The molecule has 5 nitrogen and oxygen atoms in total. The number of hydrogen-bond donors (Lipinski definition) is 2. The van der Waals surface area contributed by atoms with Crippen LogP contribution in [0.15, 0.2) is 72.9 Å². The van der Waals surface area contributed by atoms with Gasteiger partial charge in [-0.25, -0.2) is 0 Å². The first-order chi connectivity index (χ1) is 17.6. The number of benzene rings is 3. The minimum Gasteiger partial charge on any atom is -0.481 e. The van der Waals surface area contributed by atoms with Crippen molar-refractivity contribution in [2.75, 3.05) is 6.73 Å². The van der Waals surface area contributed by atoms with E-state index in [1.165, 1.54) is 6.07 Å². The molecule has 0 amide bonds. The van der Waals surface area contributed by atoms with Gasteiger partial charge in [-0.05, 0) is 46.4 Å². The normalized spacial score (nSPS) is 11.8. The van der Waals surface area contributed by atoms with E-state index in [0.29, 0.717) is 23.4 Å². The third kappa shape index (κ3) is 6.51. The zero-order valence-corrected chi connectivity index (χ0v) is 20.7. The van der Waals surface area contributed by atoms with Crippen molar-refractivity contribution in [2.45, 2.75) is 45.5 Å². The molecule has 0 saturated carbocycles. The lowest BCUT2D eigenvalue weighted by atomic mass is 9.99. The number of aromatic nitrogens is 1. The average Bonchev–Trinajstić information content (AvgIpc) is 3.16. The van der Waals surface area contributed by atoms with Crippen LogP contribution in [0, 0.1) is 0 Å². The molecule has 194 valence electrons.